The van der Waals surface area contributed by atoms with Crippen molar-refractivity contribution in [2.24, 2.45) is 11.8 Å². The number of ether oxygens (including phenoxy) is 1. The van der Waals surface area contributed by atoms with Crippen molar-refractivity contribution in [3.8, 4) is 0 Å². The molecule has 1 N–H and O–H groups in total. The van der Waals surface area contributed by atoms with Crippen molar-refractivity contribution in [1.29, 1.82) is 0 Å². The van der Waals surface area contributed by atoms with Gasteiger partial charge in [0.1, 0.15) is 5.92 Å². The van der Waals surface area contributed by atoms with Crippen LogP contribution in [0.3, 0.4) is 0 Å². The molecular formula is C10H13NO4. The van der Waals surface area contributed by atoms with Gasteiger partial charge in [0.15, 0.2) is 0 Å². The fraction of sp³-hybridized carbons (Fsp3) is 0.600. The summed E-state index contributed by atoms with van der Waals surface area (Å²) in [5.41, 5.74) is 0. The number of hydrogen-bond acceptors (Lipinski definition) is 3. The number of carboxylic acid groups (broad SMARTS) is 1. The maximum Gasteiger partial charge on any atom is 0.310 e. The van der Waals surface area contributed by atoms with E-state index < -0.39 is 23.9 Å². The molecule has 15 heavy (non-hydrogen) atoms. The average molecular weight is 211 g/mol. The Morgan fingerprint density at radius 2 is 1.73 bits per heavy atom. The van der Waals surface area contributed by atoms with Gasteiger partial charge in [0, 0.05) is 14.1 Å². The summed E-state index contributed by atoms with van der Waals surface area (Å²) in [6.45, 7) is 0. The van der Waals surface area contributed by atoms with Gasteiger partial charge in [0.05, 0.1) is 18.1 Å². The third-order valence-electron chi connectivity index (χ3n) is 2.91. The molecule has 1 saturated heterocycles. The molecule has 0 aliphatic carbocycles. The monoisotopic (exact) mass is 211 g/mol. The second kappa shape index (κ2) is 3.34. The van der Waals surface area contributed by atoms with Crippen molar-refractivity contribution >= 4 is 11.9 Å². The van der Waals surface area contributed by atoms with E-state index in [-0.39, 0.29) is 12.0 Å². The first-order valence-corrected chi connectivity index (χ1v) is 4.80. The van der Waals surface area contributed by atoms with E-state index in [1.165, 1.54) is 4.90 Å². The molecule has 2 aliphatic heterocycles. The molecule has 1 fully saturated rings. The van der Waals surface area contributed by atoms with Crippen molar-refractivity contribution in [2.75, 3.05) is 14.1 Å². The molecule has 2 rings (SSSR count). The van der Waals surface area contributed by atoms with Crippen LogP contribution in [0.15, 0.2) is 12.2 Å². The van der Waals surface area contributed by atoms with Crippen molar-refractivity contribution < 1.29 is 19.4 Å². The smallest absolute Gasteiger partial charge is 0.310 e. The quantitative estimate of drug-likeness (QED) is 0.638. The number of hydrogen-bond donors (Lipinski definition) is 1. The molecule has 82 valence electrons. The van der Waals surface area contributed by atoms with Gasteiger partial charge in [-0.1, -0.05) is 12.2 Å². The van der Waals surface area contributed by atoms with Crippen LogP contribution in [0.1, 0.15) is 0 Å². The molecule has 0 spiro atoms. The molecule has 4 atom stereocenters. The maximum absolute atomic E-state index is 11.8. The number of aliphatic carboxylic acids is 1. The highest BCUT2D eigenvalue weighted by Gasteiger charge is 2.53. The van der Waals surface area contributed by atoms with E-state index in [0.717, 1.165) is 0 Å². The Kier molecular flexibility index (Phi) is 2.26. The largest absolute Gasteiger partial charge is 0.481 e. The molecule has 0 saturated carbocycles. The molecule has 0 radical (unpaired) electrons. The lowest BCUT2D eigenvalue weighted by Gasteiger charge is -2.23. The van der Waals surface area contributed by atoms with Crippen molar-refractivity contribution in [3.05, 3.63) is 12.2 Å². The normalized spacial score (nSPS) is 36.9. The summed E-state index contributed by atoms with van der Waals surface area (Å²) in [5.74, 6) is -2.46. The number of nitrogens with zero attached hydrogens (tertiary/aromatic N) is 1. The third kappa shape index (κ3) is 1.43. The van der Waals surface area contributed by atoms with Crippen molar-refractivity contribution in [3.63, 3.8) is 0 Å². The van der Waals surface area contributed by atoms with E-state index in [1.54, 1.807) is 26.2 Å². The molecule has 2 aliphatic rings. The van der Waals surface area contributed by atoms with Gasteiger partial charge in [0.2, 0.25) is 5.91 Å². The Morgan fingerprint density at radius 1 is 1.20 bits per heavy atom. The molecule has 0 aromatic carbocycles. The molecule has 1 amide bonds. The number of carbonyl (C=O) groups is 2. The van der Waals surface area contributed by atoms with Crippen LogP contribution in [0, 0.1) is 11.8 Å². The zero-order valence-corrected chi connectivity index (χ0v) is 8.58. The lowest BCUT2D eigenvalue weighted by molar-refractivity contribution is -0.148. The van der Waals surface area contributed by atoms with Crippen molar-refractivity contribution in [2.45, 2.75) is 12.2 Å². The summed E-state index contributed by atoms with van der Waals surface area (Å²) in [7, 11) is 3.24. The summed E-state index contributed by atoms with van der Waals surface area (Å²) in [6.07, 6.45) is 2.69. The lowest BCUT2D eigenvalue weighted by Crippen LogP contribution is -2.41. The Morgan fingerprint density at radius 3 is 2.20 bits per heavy atom. The number of amides is 1. The summed E-state index contributed by atoms with van der Waals surface area (Å²) in [6, 6.07) is 0. The number of carbonyl (C=O) groups excluding carboxylic acids is 1. The van der Waals surface area contributed by atoms with Gasteiger partial charge in [-0.25, -0.2) is 0 Å². The van der Waals surface area contributed by atoms with Crippen LogP contribution < -0.4 is 0 Å². The highest BCUT2D eigenvalue weighted by molar-refractivity contribution is 5.87. The SMILES string of the molecule is CN(C)C(=O)[C@@H]1[C@@H](C(=O)O)[C@H]2C=C[C@H]1O2. The minimum absolute atomic E-state index is 0.181. The number of carboxylic acids is 1. The molecule has 5 nitrogen and oxygen atoms in total. The molecule has 0 aromatic rings. The summed E-state index contributed by atoms with van der Waals surface area (Å²) < 4.78 is 5.39. The van der Waals surface area contributed by atoms with Crippen LogP contribution in [-0.2, 0) is 14.3 Å². The van der Waals surface area contributed by atoms with Crippen LogP contribution in [0.25, 0.3) is 0 Å². The predicted octanol–water partition coefficient (Wildman–Crippen LogP) is -0.271. The zero-order chi connectivity index (χ0) is 11.2. The Hall–Kier alpha value is -1.36. The molecular weight excluding hydrogens is 198 g/mol. The molecule has 5 heteroatoms. The van der Waals surface area contributed by atoms with Gasteiger partial charge in [-0.3, -0.25) is 9.59 Å². The van der Waals surface area contributed by atoms with Crippen LogP contribution in [0.4, 0.5) is 0 Å². The molecule has 2 bridgehead atoms. The topological polar surface area (TPSA) is 66.8 Å². The zero-order valence-electron chi connectivity index (χ0n) is 8.58. The first kappa shape index (κ1) is 10.2. The Balaban J connectivity index is 2.27. The minimum Gasteiger partial charge on any atom is -0.481 e. The highest BCUT2D eigenvalue weighted by Crippen LogP contribution is 2.39. The second-order valence-electron chi connectivity index (χ2n) is 4.07. The van der Waals surface area contributed by atoms with Gasteiger partial charge in [-0.05, 0) is 0 Å². The summed E-state index contributed by atoms with van der Waals surface area (Å²) in [5, 5.41) is 9.05. The van der Waals surface area contributed by atoms with Gasteiger partial charge in [0.25, 0.3) is 0 Å². The predicted molar refractivity (Wildman–Crippen MR) is 51.1 cm³/mol. The lowest BCUT2D eigenvalue weighted by atomic mass is 9.82. The van der Waals surface area contributed by atoms with E-state index in [9.17, 15) is 9.59 Å². The van der Waals surface area contributed by atoms with E-state index in [2.05, 4.69) is 0 Å². The highest BCUT2D eigenvalue weighted by atomic mass is 16.5. The van der Waals surface area contributed by atoms with Crippen LogP contribution >= 0.6 is 0 Å². The minimum atomic E-state index is -0.966. The fourth-order valence-electron chi connectivity index (χ4n) is 2.19. The van der Waals surface area contributed by atoms with Gasteiger partial charge < -0.3 is 14.7 Å². The molecule has 0 unspecified atom stereocenters. The van der Waals surface area contributed by atoms with Gasteiger partial charge >= 0.3 is 5.97 Å². The third-order valence-corrected chi connectivity index (χ3v) is 2.91. The maximum atomic E-state index is 11.8. The van der Waals surface area contributed by atoms with Crippen LogP contribution in [-0.4, -0.2) is 48.2 Å². The summed E-state index contributed by atoms with van der Waals surface area (Å²) >= 11 is 0. The van der Waals surface area contributed by atoms with E-state index >= 15 is 0 Å². The second-order valence-corrected chi connectivity index (χ2v) is 4.07. The average Bonchev–Trinajstić information content (AvgIpc) is 2.74. The Bertz CT molecular complexity index is 336. The number of rotatable bonds is 2. The van der Waals surface area contributed by atoms with Crippen LogP contribution in [0.5, 0.6) is 0 Å². The Labute approximate surface area is 87.3 Å². The first-order chi connectivity index (χ1) is 7.02. The van der Waals surface area contributed by atoms with E-state index in [4.69, 9.17) is 9.84 Å². The number of fused-ring (bicyclic) bond motifs is 2. The van der Waals surface area contributed by atoms with Gasteiger partial charge in [-0.2, -0.15) is 0 Å². The fourth-order valence-corrected chi connectivity index (χ4v) is 2.19. The van der Waals surface area contributed by atoms with E-state index in [0.29, 0.717) is 0 Å². The first-order valence-electron chi connectivity index (χ1n) is 4.80. The summed E-state index contributed by atoms with van der Waals surface area (Å²) in [4.78, 5) is 24.3. The standard InChI is InChI=1S/C10H13NO4/c1-11(2)9(12)7-5-3-4-6(15-5)8(7)10(13)14/h3-8H,1-2H3,(H,13,14)/t5-,6-,7+,8+/m1/s1. The van der Waals surface area contributed by atoms with Crippen LogP contribution in [0.2, 0.25) is 0 Å². The van der Waals surface area contributed by atoms with E-state index in [1.807, 2.05) is 0 Å². The van der Waals surface area contributed by atoms with Gasteiger partial charge in [-0.15, -0.1) is 0 Å². The molecule has 2 heterocycles. The molecule has 0 aromatic heterocycles. The van der Waals surface area contributed by atoms with Crippen molar-refractivity contribution in [1.82, 2.24) is 4.90 Å².